The van der Waals surface area contributed by atoms with E-state index in [0.29, 0.717) is 4.90 Å². The fourth-order valence-corrected chi connectivity index (χ4v) is 2.70. The van der Waals surface area contributed by atoms with Gasteiger partial charge in [-0.05, 0) is 12.1 Å². The summed E-state index contributed by atoms with van der Waals surface area (Å²) in [6.07, 6.45) is 3.47. The van der Waals surface area contributed by atoms with Crippen molar-refractivity contribution >= 4 is 9.84 Å². The maximum atomic E-state index is 12.0. The van der Waals surface area contributed by atoms with Crippen LogP contribution in [-0.2, 0) is 15.7 Å². The zero-order valence-electron chi connectivity index (χ0n) is 8.65. The third-order valence-corrected chi connectivity index (χ3v) is 3.83. The highest BCUT2D eigenvalue weighted by Crippen LogP contribution is 2.09. The number of hydrogen-bond donors (Lipinski definition) is 0. The van der Waals surface area contributed by atoms with Crippen molar-refractivity contribution in [3.63, 3.8) is 0 Å². The van der Waals surface area contributed by atoms with Gasteiger partial charge in [0.05, 0.1) is 4.90 Å². The summed E-state index contributed by atoms with van der Waals surface area (Å²) in [5, 5.41) is 0. The first-order chi connectivity index (χ1) is 7.68. The lowest BCUT2D eigenvalue weighted by molar-refractivity contribution is -0.677. The average molecular weight is 234 g/mol. The fraction of sp³-hybridized carbons (Fsp3) is 0.0833. The molecule has 2 aromatic rings. The first-order valence-electron chi connectivity index (χ1n) is 4.90. The average Bonchev–Trinajstić information content (AvgIpc) is 2.31. The number of aromatic nitrogens is 1. The number of pyridine rings is 1. The first kappa shape index (κ1) is 10.8. The van der Waals surface area contributed by atoms with Crippen molar-refractivity contribution in [1.82, 2.24) is 0 Å². The Morgan fingerprint density at radius 3 is 2.06 bits per heavy atom. The van der Waals surface area contributed by atoms with Crippen LogP contribution in [-0.4, -0.2) is 8.42 Å². The van der Waals surface area contributed by atoms with Gasteiger partial charge < -0.3 is 0 Å². The Labute approximate surface area is 94.9 Å². The van der Waals surface area contributed by atoms with E-state index in [1.54, 1.807) is 59.4 Å². The molecule has 0 unspecified atom stereocenters. The molecule has 2 rings (SSSR count). The van der Waals surface area contributed by atoms with Crippen LogP contribution in [0.15, 0.2) is 65.8 Å². The van der Waals surface area contributed by atoms with E-state index in [-0.39, 0.29) is 5.88 Å². The molecule has 0 saturated heterocycles. The molecule has 0 aliphatic rings. The van der Waals surface area contributed by atoms with E-state index in [4.69, 9.17) is 0 Å². The minimum absolute atomic E-state index is 0.0299. The molecule has 82 valence electrons. The Bertz CT molecular complexity index is 550. The van der Waals surface area contributed by atoms with Gasteiger partial charge in [-0.2, -0.15) is 4.57 Å². The molecule has 0 atom stereocenters. The molecule has 0 N–H and O–H groups in total. The molecule has 4 heteroatoms. The lowest BCUT2D eigenvalue weighted by atomic mass is 10.4. The summed E-state index contributed by atoms with van der Waals surface area (Å²) in [5.41, 5.74) is 0. The van der Waals surface area contributed by atoms with Crippen LogP contribution < -0.4 is 4.57 Å². The van der Waals surface area contributed by atoms with Gasteiger partial charge in [-0.3, -0.25) is 0 Å². The standard InChI is InChI=1S/C12H12NO2S/c14-16(15,12-7-3-1-4-8-12)11-13-9-5-2-6-10-13/h1-10H,11H2/q+1. The first-order valence-corrected chi connectivity index (χ1v) is 6.56. The van der Waals surface area contributed by atoms with E-state index in [2.05, 4.69) is 0 Å². The Morgan fingerprint density at radius 2 is 1.44 bits per heavy atom. The second kappa shape index (κ2) is 4.45. The van der Waals surface area contributed by atoms with Crippen molar-refractivity contribution in [1.29, 1.82) is 0 Å². The topological polar surface area (TPSA) is 38.0 Å². The van der Waals surface area contributed by atoms with Crippen LogP contribution in [0.1, 0.15) is 0 Å². The highest BCUT2D eigenvalue weighted by molar-refractivity contribution is 7.90. The van der Waals surface area contributed by atoms with Crippen LogP contribution in [0.25, 0.3) is 0 Å². The summed E-state index contributed by atoms with van der Waals surface area (Å²) in [6.45, 7) is 0. The van der Waals surface area contributed by atoms with Crippen LogP contribution in [0.5, 0.6) is 0 Å². The summed E-state index contributed by atoms with van der Waals surface area (Å²) >= 11 is 0. The lowest BCUT2D eigenvalue weighted by Crippen LogP contribution is -2.36. The number of nitrogens with zero attached hydrogens (tertiary/aromatic N) is 1. The van der Waals surface area contributed by atoms with Gasteiger partial charge in [0.15, 0.2) is 12.4 Å². The summed E-state index contributed by atoms with van der Waals surface area (Å²) in [4.78, 5) is 0.353. The van der Waals surface area contributed by atoms with Crippen LogP contribution in [0, 0.1) is 0 Å². The summed E-state index contributed by atoms with van der Waals surface area (Å²) < 4.78 is 25.6. The Balaban J connectivity index is 2.29. The molecule has 0 radical (unpaired) electrons. The van der Waals surface area contributed by atoms with Gasteiger partial charge in [0, 0.05) is 12.1 Å². The molecule has 0 aliphatic heterocycles. The normalized spacial score (nSPS) is 11.2. The summed E-state index contributed by atoms with van der Waals surface area (Å²) in [5.74, 6) is -0.0299. The molecule has 1 aromatic heterocycles. The smallest absolute Gasteiger partial charge is 0.217 e. The number of benzene rings is 1. The van der Waals surface area contributed by atoms with Gasteiger partial charge in [-0.25, -0.2) is 8.42 Å². The Morgan fingerprint density at radius 1 is 0.875 bits per heavy atom. The van der Waals surface area contributed by atoms with Crippen LogP contribution in [0.4, 0.5) is 0 Å². The second-order valence-electron chi connectivity index (χ2n) is 3.45. The SMILES string of the molecule is O=S(=O)(C[n+]1ccccc1)c1ccccc1. The summed E-state index contributed by atoms with van der Waals surface area (Å²) in [6, 6.07) is 13.9. The van der Waals surface area contributed by atoms with Gasteiger partial charge in [0.25, 0.3) is 5.88 Å². The minimum Gasteiger partial charge on any atom is -0.217 e. The van der Waals surface area contributed by atoms with Crippen molar-refractivity contribution in [3.8, 4) is 0 Å². The monoisotopic (exact) mass is 234 g/mol. The van der Waals surface area contributed by atoms with Crippen LogP contribution in [0.2, 0.25) is 0 Å². The molecule has 0 bridgehead atoms. The molecular formula is C12H12NO2S+. The second-order valence-corrected chi connectivity index (χ2v) is 5.41. The maximum Gasteiger partial charge on any atom is 0.252 e. The number of hydrogen-bond acceptors (Lipinski definition) is 2. The van der Waals surface area contributed by atoms with E-state index < -0.39 is 9.84 Å². The Hall–Kier alpha value is -1.68. The van der Waals surface area contributed by atoms with E-state index in [9.17, 15) is 8.42 Å². The largest absolute Gasteiger partial charge is 0.252 e. The van der Waals surface area contributed by atoms with Gasteiger partial charge in [0.2, 0.25) is 9.84 Å². The zero-order chi connectivity index (χ0) is 11.4. The van der Waals surface area contributed by atoms with E-state index in [0.717, 1.165) is 0 Å². The predicted molar refractivity (Wildman–Crippen MR) is 60.3 cm³/mol. The molecule has 0 aliphatic carbocycles. The molecule has 0 fully saturated rings. The van der Waals surface area contributed by atoms with Crippen molar-refractivity contribution in [2.75, 3.05) is 0 Å². The van der Waals surface area contributed by atoms with Gasteiger partial charge in [-0.1, -0.05) is 24.3 Å². The van der Waals surface area contributed by atoms with E-state index in [1.807, 2.05) is 6.07 Å². The third-order valence-electron chi connectivity index (χ3n) is 2.20. The molecule has 0 saturated carbocycles. The van der Waals surface area contributed by atoms with Crippen molar-refractivity contribution < 1.29 is 13.0 Å². The van der Waals surface area contributed by atoms with E-state index in [1.165, 1.54) is 0 Å². The van der Waals surface area contributed by atoms with Gasteiger partial charge in [-0.15, -0.1) is 0 Å². The molecule has 1 aromatic carbocycles. The summed E-state index contributed by atoms with van der Waals surface area (Å²) in [7, 11) is -3.25. The quantitative estimate of drug-likeness (QED) is 0.753. The minimum atomic E-state index is -3.25. The van der Waals surface area contributed by atoms with Crippen LogP contribution >= 0.6 is 0 Å². The molecule has 16 heavy (non-hydrogen) atoms. The van der Waals surface area contributed by atoms with E-state index >= 15 is 0 Å². The molecule has 1 heterocycles. The predicted octanol–water partition coefficient (Wildman–Crippen LogP) is 1.41. The molecule has 0 amide bonds. The zero-order valence-corrected chi connectivity index (χ0v) is 9.47. The van der Waals surface area contributed by atoms with Gasteiger partial charge >= 0.3 is 0 Å². The molecular weight excluding hydrogens is 222 g/mol. The highest BCUT2D eigenvalue weighted by atomic mass is 32.2. The third kappa shape index (κ3) is 2.46. The fourth-order valence-electron chi connectivity index (χ4n) is 1.42. The molecule has 0 spiro atoms. The molecule has 3 nitrogen and oxygen atoms in total. The maximum absolute atomic E-state index is 12.0. The number of sulfone groups is 1. The van der Waals surface area contributed by atoms with Crippen molar-refractivity contribution in [3.05, 3.63) is 60.9 Å². The number of rotatable bonds is 3. The Kier molecular flexibility index (Phi) is 3.01. The van der Waals surface area contributed by atoms with Crippen LogP contribution in [0.3, 0.4) is 0 Å². The lowest BCUT2D eigenvalue weighted by Gasteiger charge is -2.00. The van der Waals surface area contributed by atoms with Gasteiger partial charge in [0.1, 0.15) is 0 Å². The van der Waals surface area contributed by atoms with Crippen molar-refractivity contribution in [2.24, 2.45) is 0 Å². The highest BCUT2D eigenvalue weighted by Gasteiger charge is 2.18. The van der Waals surface area contributed by atoms with Crippen molar-refractivity contribution in [2.45, 2.75) is 10.8 Å².